The zero-order chi connectivity index (χ0) is 14.8. The quantitative estimate of drug-likeness (QED) is 0.913. The summed E-state index contributed by atoms with van der Waals surface area (Å²) >= 11 is 0. The smallest absolute Gasteiger partial charge is 0.220 e. The van der Waals surface area contributed by atoms with Gasteiger partial charge in [-0.2, -0.15) is 0 Å². The number of hydrogen-bond donors (Lipinski definition) is 1. The second-order valence-corrected chi connectivity index (χ2v) is 5.65. The number of methoxy groups -OCH3 is 1. The molecule has 0 unspecified atom stereocenters. The van der Waals surface area contributed by atoms with Gasteiger partial charge in [0.15, 0.2) is 0 Å². The molecule has 3 rings (SSSR count). The fraction of sp³-hybridized carbons (Fsp3) is 0.389. The van der Waals surface area contributed by atoms with Gasteiger partial charge in [0.05, 0.1) is 7.11 Å². The highest BCUT2D eigenvalue weighted by atomic mass is 16.5. The summed E-state index contributed by atoms with van der Waals surface area (Å²) in [5, 5.41) is 5.63. The van der Waals surface area contributed by atoms with Crippen LogP contribution in [-0.2, 0) is 11.2 Å². The van der Waals surface area contributed by atoms with Gasteiger partial charge in [-0.15, -0.1) is 0 Å². The number of ether oxygens (including phenoxy) is 1. The standard InChI is InChI=1S/C18H21NO2/c1-3-5-16(20)19-11-14-10-13-7-4-6-12-8-9-15(21-2)18(14)17(12)13/h4,6-9,14H,3,5,10-11H2,1-2H3,(H,19,20)/t14-/m1/s1. The molecule has 0 radical (unpaired) electrons. The third-order valence-corrected chi connectivity index (χ3v) is 4.25. The summed E-state index contributed by atoms with van der Waals surface area (Å²) in [5.41, 5.74) is 2.61. The number of hydrogen-bond acceptors (Lipinski definition) is 2. The first-order valence-corrected chi connectivity index (χ1v) is 7.59. The summed E-state index contributed by atoms with van der Waals surface area (Å²) in [6.07, 6.45) is 2.45. The average Bonchev–Trinajstić information content (AvgIpc) is 2.87. The van der Waals surface area contributed by atoms with Crippen molar-refractivity contribution in [1.82, 2.24) is 5.32 Å². The molecule has 1 N–H and O–H groups in total. The Morgan fingerprint density at radius 1 is 1.33 bits per heavy atom. The molecule has 0 spiro atoms. The Labute approximate surface area is 125 Å². The first kappa shape index (κ1) is 13.9. The van der Waals surface area contributed by atoms with Gasteiger partial charge in [-0.05, 0) is 35.2 Å². The van der Waals surface area contributed by atoms with E-state index in [1.54, 1.807) is 7.11 Å². The van der Waals surface area contributed by atoms with Crippen molar-refractivity contribution in [1.29, 1.82) is 0 Å². The van der Waals surface area contributed by atoms with E-state index in [4.69, 9.17) is 4.74 Å². The van der Waals surface area contributed by atoms with E-state index in [0.717, 1.165) is 18.6 Å². The van der Waals surface area contributed by atoms with Crippen molar-refractivity contribution >= 4 is 16.7 Å². The van der Waals surface area contributed by atoms with E-state index in [1.165, 1.54) is 21.9 Å². The molecular weight excluding hydrogens is 262 g/mol. The Morgan fingerprint density at radius 2 is 2.19 bits per heavy atom. The molecule has 1 amide bonds. The van der Waals surface area contributed by atoms with E-state index >= 15 is 0 Å². The van der Waals surface area contributed by atoms with Crippen molar-refractivity contribution in [3.05, 3.63) is 41.5 Å². The predicted octanol–water partition coefficient (Wildman–Crippen LogP) is 3.40. The predicted molar refractivity (Wildman–Crippen MR) is 84.9 cm³/mol. The van der Waals surface area contributed by atoms with Crippen LogP contribution in [0.3, 0.4) is 0 Å². The number of carbonyl (C=O) groups is 1. The van der Waals surface area contributed by atoms with Gasteiger partial charge in [0.1, 0.15) is 5.75 Å². The highest BCUT2D eigenvalue weighted by Crippen LogP contribution is 2.43. The summed E-state index contributed by atoms with van der Waals surface area (Å²) in [5.74, 6) is 1.38. The average molecular weight is 283 g/mol. The summed E-state index contributed by atoms with van der Waals surface area (Å²) in [7, 11) is 1.71. The van der Waals surface area contributed by atoms with Gasteiger partial charge in [0, 0.05) is 24.4 Å². The molecule has 1 atom stereocenters. The molecule has 21 heavy (non-hydrogen) atoms. The van der Waals surface area contributed by atoms with Crippen LogP contribution in [0.25, 0.3) is 10.8 Å². The Balaban J connectivity index is 1.92. The van der Waals surface area contributed by atoms with Crippen LogP contribution in [0.4, 0.5) is 0 Å². The Bertz CT molecular complexity index is 678. The Hall–Kier alpha value is -2.03. The Kier molecular flexibility index (Phi) is 3.82. The molecule has 0 fully saturated rings. The van der Waals surface area contributed by atoms with Crippen molar-refractivity contribution in [2.45, 2.75) is 32.1 Å². The van der Waals surface area contributed by atoms with Gasteiger partial charge in [0.25, 0.3) is 0 Å². The minimum Gasteiger partial charge on any atom is -0.496 e. The molecule has 3 heteroatoms. The van der Waals surface area contributed by atoms with E-state index in [1.807, 2.05) is 13.0 Å². The molecule has 110 valence electrons. The van der Waals surface area contributed by atoms with E-state index in [9.17, 15) is 4.79 Å². The summed E-state index contributed by atoms with van der Waals surface area (Å²) < 4.78 is 5.55. The van der Waals surface area contributed by atoms with Gasteiger partial charge in [0.2, 0.25) is 5.91 Å². The number of nitrogens with one attached hydrogen (secondary N) is 1. The molecule has 0 saturated carbocycles. The van der Waals surface area contributed by atoms with Crippen molar-refractivity contribution < 1.29 is 9.53 Å². The van der Waals surface area contributed by atoms with Gasteiger partial charge in [-0.3, -0.25) is 4.79 Å². The van der Waals surface area contributed by atoms with Crippen LogP contribution in [0.15, 0.2) is 30.3 Å². The fourth-order valence-corrected chi connectivity index (χ4v) is 3.31. The van der Waals surface area contributed by atoms with Crippen LogP contribution in [0.1, 0.15) is 36.8 Å². The van der Waals surface area contributed by atoms with Gasteiger partial charge < -0.3 is 10.1 Å². The zero-order valence-corrected chi connectivity index (χ0v) is 12.6. The van der Waals surface area contributed by atoms with E-state index < -0.39 is 0 Å². The van der Waals surface area contributed by atoms with E-state index in [2.05, 4.69) is 29.6 Å². The molecular formula is C18H21NO2. The van der Waals surface area contributed by atoms with Crippen molar-refractivity contribution in [2.24, 2.45) is 0 Å². The SMILES string of the molecule is CCCC(=O)NC[C@H]1Cc2cccc3ccc(OC)c1c23. The second-order valence-electron chi connectivity index (χ2n) is 5.65. The lowest BCUT2D eigenvalue weighted by Crippen LogP contribution is -2.28. The van der Waals surface area contributed by atoms with Crippen molar-refractivity contribution in [2.75, 3.05) is 13.7 Å². The molecule has 0 saturated heterocycles. The summed E-state index contributed by atoms with van der Waals surface area (Å²) in [4.78, 5) is 11.7. The zero-order valence-electron chi connectivity index (χ0n) is 12.6. The van der Waals surface area contributed by atoms with Crippen LogP contribution in [-0.4, -0.2) is 19.6 Å². The molecule has 0 heterocycles. The van der Waals surface area contributed by atoms with Crippen LogP contribution >= 0.6 is 0 Å². The van der Waals surface area contributed by atoms with Gasteiger partial charge in [-0.25, -0.2) is 0 Å². The normalized spacial score (nSPS) is 16.2. The van der Waals surface area contributed by atoms with Crippen molar-refractivity contribution in [3.63, 3.8) is 0 Å². The third kappa shape index (κ3) is 2.48. The summed E-state index contributed by atoms with van der Waals surface area (Å²) in [6.45, 7) is 2.71. The highest BCUT2D eigenvalue weighted by Gasteiger charge is 2.27. The number of rotatable bonds is 5. The Morgan fingerprint density at radius 3 is 2.95 bits per heavy atom. The maximum atomic E-state index is 11.7. The van der Waals surface area contributed by atoms with Crippen LogP contribution in [0.5, 0.6) is 5.75 Å². The van der Waals surface area contributed by atoms with Crippen LogP contribution in [0.2, 0.25) is 0 Å². The number of carbonyl (C=O) groups excluding carboxylic acids is 1. The second kappa shape index (κ2) is 5.76. The first-order valence-electron chi connectivity index (χ1n) is 7.59. The number of amides is 1. The minimum absolute atomic E-state index is 0.139. The summed E-state index contributed by atoms with van der Waals surface area (Å²) in [6, 6.07) is 10.6. The highest BCUT2D eigenvalue weighted by molar-refractivity contribution is 5.93. The molecule has 1 aliphatic rings. The molecule has 2 aromatic rings. The molecule has 2 aromatic carbocycles. The minimum atomic E-state index is 0.139. The van der Waals surface area contributed by atoms with E-state index in [-0.39, 0.29) is 5.91 Å². The monoisotopic (exact) mass is 283 g/mol. The molecule has 0 bridgehead atoms. The topological polar surface area (TPSA) is 38.3 Å². The van der Waals surface area contributed by atoms with E-state index in [0.29, 0.717) is 18.9 Å². The lowest BCUT2D eigenvalue weighted by molar-refractivity contribution is -0.121. The first-order chi connectivity index (χ1) is 10.2. The largest absolute Gasteiger partial charge is 0.496 e. The molecule has 0 aliphatic heterocycles. The van der Waals surface area contributed by atoms with Gasteiger partial charge >= 0.3 is 0 Å². The third-order valence-electron chi connectivity index (χ3n) is 4.25. The molecule has 1 aliphatic carbocycles. The van der Waals surface area contributed by atoms with Gasteiger partial charge in [-0.1, -0.05) is 31.2 Å². The molecule has 0 aromatic heterocycles. The lowest BCUT2D eigenvalue weighted by atomic mass is 9.98. The molecule has 3 nitrogen and oxygen atoms in total. The number of benzene rings is 2. The maximum absolute atomic E-state index is 11.7. The maximum Gasteiger partial charge on any atom is 0.220 e. The lowest BCUT2D eigenvalue weighted by Gasteiger charge is -2.16. The van der Waals surface area contributed by atoms with Crippen LogP contribution in [0, 0.1) is 0 Å². The van der Waals surface area contributed by atoms with Crippen LogP contribution < -0.4 is 10.1 Å². The fourth-order valence-electron chi connectivity index (χ4n) is 3.31. The van der Waals surface area contributed by atoms with Crippen molar-refractivity contribution in [3.8, 4) is 5.75 Å².